The summed E-state index contributed by atoms with van der Waals surface area (Å²) >= 11 is 0. The van der Waals surface area contributed by atoms with E-state index in [1.165, 1.54) is 0 Å². The Kier molecular flexibility index (Phi) is 14.7. The van der Waals surface area contributed by atoms with Gasteiger partial charge < -0.3 is 18.9 Å². The lowest BCUT2D eigenvalue weighted by Gasteiger charge is -2.21. The number of anilines is 1. The van der Waals surface area contributed by atoms with Crippen LogP contribution >= 0.6 is 8.38 Å². The van der Waals surface area contributed by atoms with E-state index in [2.05, 4.69) is 47.4 Å². The van der Waals surface area contributed by atoms with Gasteiger partial charge in [0.05, 0.1) is 16.4 Å². The van der Waals surface area contributed by atoms with E-state index in [0.29, 0.717) is 30.1 Å². The number of carbonyl (C=O) groups excluding carboxylic acids is 2. The number of hydrogen-bond acceptors (Lipinski definition) is 11. The second kappa shape index (κ2) is 17.5. The molecule has 1 unspecified atom stereocenters. The molecule has 2 aliphatic heterocycles. The van der Waals surface area contributed by atoms with Gasteiger partial charge in [0, 0.05) is 32.5 Å². The number of unbranched alkanes of at least 4 members (excludes halogenated alkanes) is 3. The van der Waals surface area contributed by atoms with Gasteiger partial charge in [0.25, 0.3) is 12.0 Å². The number of ether oxygens (including phenoxy) is 2. The van der Waals surface area contributed by atoms with Gasteiger partial charge in [0.15, 0.2) is 33.5 Å². The number of hydrogen-bond donors (Lipinski definition) is 1. The van der Waals surface area contributed by atoms with E-state index in [4.69, 9.17) is 13.8 Å². The van der Waals surface area contributed by atoms with E-state index in [1.54, 1.807) is 20.8 Å². The van der Waals surface area contributed by atoms with E-state index < -0.39 is 31.0 Å². The molecule has 0 fully saturated rings. The highest BCUT2D eigenvalue weighted by Crippen LogP contribution is 2.39. The summed E-state index contributed by atoms with van der Waals surface area (Å²) in [6.45, 7) is 16.3. The molecule has 0 saturated carbocycles. The van der Waals surface area contributed by atoms with Crippen molar-refractivity contribution in [2.45, 2.75) is 87.6 Å². The Labute approximate surface area is 272 Å². The number of benzene rings is 1. The fraction of sp³-hybridized carbons (Fsp3) is 0.625. The van der Waals surface area contributed by atoms with Crippen LogP contribution in [0, 0.1) is 17.8 Å². The van der Waals surface area contributed by atoms with Crippen LogP contribution in [-0.2, 0) is 34.7 Å². The van der Waals surface area contributed by atoms with Gasteiger partial charge in [0.1, 0.15) is 0 Å². The van der Waals surface area contributed by atoms with Crippen molar-refractivity contribution in [3.63, 3.8) is 0 Å². The Balaban J connectivity index is 0.00000136. The van der Waals surface area contributed by atoms with E-state index in [0.717, 1.165) is 42.5 Å². The second-order valence-electron chi connectivity index (χ2n) is 13.7. The summed E-state index contributed by atoms with van der Waals surface area (Å²) in [4.78, 5) is 59.8. The van der Waals surface area contributed by atoms with Crippen LogP contribution in [0.4, 0.5) is 5.69 Å². The average molecular weight is 664 g/mol. The van der Waals surface area contributed by atoms with Crippen LogP contribution in [0.25, 0.3) is 22.6 Å². The third-order valence-electron chi connectivity index (χ3n) is 6.21. The second-order valence-corrected chi connectivity index (χ2v) is 15.4. The van der Waals surface area contributed by atoms with Crippen molar-refractivity contribution in [1.29, 1.82) is 0 Å². The van der Waals surface area contributed by atoms with Crippen molar-refractivity contribution in [1.82, 2.24) is 19.5 Å². The molecule has 2 aliphatic rings. The first-order valence-corrected chi connectivity index (χ1v) is 16.7. The molecular formula is C32H50N5O8P. The smallest absolute Gasteiger partial charge is 0.349 e. The first-order chi connectivity index (χ1) is 21.4. The summed E-state index contributed by atoms with van der Waals surface area (Å²) < 4.78 is 22.8. The topological polar surface area (TPSA) is 155 Å². The highest BCUT2D eigenvalue weighted by Gasteiger charge is 2.24. The van der Waals surface area contributed by atoms with Crippen molar-refractivity contribution >= 4 is 37.5 Å². The van der Waals surface area contributed by atoms with Gasteiger partial charge in [-0.3, -0.25) is 28.4 Å². The van der Waals surface area contributed by atoms with Crippen LogP contribution in [-0.4, -0.2) is 65.8 Å². The van der Waals surface area contributed by atoms with Crippen LogP contribution in [0.15, 0.2) is 21.7 Å². The Hall–Kier alpha value is -3.41. The lowest BCUT2D eigenvalue weighted by Crippen LogP contribution is -2.29. The number of aromatic nitrogens is 4. The molecule has 0 aliphatic carbocycles. The molecule has 256 valence electrons. The SMILES string of the molecule is CC(C)(C)C.Cc1cc2nc3c(=O)[nH]c(=O)nc-3n(CCCCCCP(OCOC=O)OCOC(=O)C(C)(C)C)c2cc1N(C)C. The summed E-state index contributed by atoms with van der Waals surface area (Å²) in [6.07, 6.45) is 3.75. The molecular weight excluding hydrogens is 613 g/mol. The molecule has 0 bridgehead atoms. The predicted octanol–water partition coefficient (Wildman–Crippen LogP) is 5.59. The molecule has 0 amide bonds. The molecule has 13 nitrogen and oxygen atoms in total. The zero-order chi connectivity index (χ0) is 34.7. The number of H-pyrrole nitrogens is 1. The fourth-order valence-corrected chi connectivity index (χ4v) is 5.31. The highest BCUT2D eigenvalue weighted by molar-refractivity contribution is 7.47. The maximum Gasteiger partial charge on any atom is 0.349 e. The zero-order valence-corrected chi connectivity index (χ0v) is 29.8. The molecule has 46 heavy (non-hydrogen) atoms. The van der Waals surface area contributed by atoms with Gasteiger partial charge >= 0.3 is 11.7 Å². The molecule has 1 aromatic carbocycles. The highest BCUT2D eigenvalue weighted by atomic mass is 31.2. The van der Waals surface area contributed by atoms with Gasteiger partial charge in [-0.05, 0) is 63.6 Å². The molecule has 2 heterocycles. The van der Waals surface area contributed by atoms with Gasteiger partial charge in [-0.15, -0.1) is 0 Å². The number of esters is 1. The van der Waals surface area contributed by atoms with Crippen LogP contribution in [0.3, 0.4) is 0 Å². The molecule has 0 radical (unpaired) electrons. The van der Waals surface area contributed by atoms with Gasteiger partial charge in [-0.25, -0.2) is 9.78 Å². The number of nitrogens with one attached hydrogen (secondary N) is 1. The normalized spacial score (nSPS) is 12.4. The quantitative estimate of drug-likeness (QED) is 0.0540. The molecule has 0 spiro atoms. The van der Waals surface area contributed by atoms with Crippen molar-refractivity contribution < 1.29 is 28.1 Å². The Bertz CT molecular complexity index is 1520. The fourth-order valence-electron chi connectivity index (χ4n) is 4.15. The predicted molar refractivity (Wildman–Crippen MR) is 180 cm³/mol. The largest absolute Gasteiger partial charge is 0.440 e. The Morgan fingerprint density at radius 2 is 1.61 bits per heavy atom. The molecule has 0 saturated heterocycles. The summed E-state index contributed by atoms with van der Waals surface area (Å²) in [5.74, 6) is -0.135. The minimum absolute atomic E-state index is 0.124. The van der Waals surface area contributed by atoms with Gasteiger partial charge in [0.2, 0.25) is 0 Å². The lowest BCUT2D eigenvalue weighted by molar-refractivity contribution is -0.159. The van der Waals surface area contributed by atoms with Crippen molar-refractivity contribution in [3.8, 4) is 11.5 Å². The van der Waals surface area contributed by atoms with Crippen LogP contribution < -0.4 is 16.1 Å². The summed E-state index contributed by atoms with van der Waals surface area (Å²) in [5, 5.41) is 0. The number of rotatable bonds is 15. The van der Waals surface area contributed by atoms with Crippen molar-refractivity contribution in [2.24, 2.45) is 10.8 Å². The number of fused-ring (bicyclic) bond motifs is 2. The van der Waals surface area contributed by atoms with Crippen molar-refractivity contribution in [2.75, 3.05) is 38.7 Å². The summed E-state index contributed by atoms with van der Waals surface area (Å²) in [7, 11) is 2.47. The molecule has 1 atom stereocenters. The van der Waals surface area contributed by atoms with E-state index in [1.807, 2.05) is 42.6 Å². The number of carbonyl (C=O) groups is 2. The Morgan fingerprint density at radius 1 is 0.978 bits per heavy atom. The number of nitrogens with zero attached hydrogens (tertiary/aromatic N) is 4. The number of aromatic amines is 1. The van der Waals surface area contributed by atoms with E-state index in [-0.39, 0.29) is 25.1 Å². The molecule has 14 heteroatoms. The third-order valence-corrected chi connectivity index (χ3v) is 7.68. The van der Waals surface area contributed by atoms with E-state index >= 15 is 0 Å². The van der Waals surface area contributed by atoms with Crippen LogP contribution in [0.2, 0.25) is 0 Å². The number of aryl methyl sites for hydroxylation is 2. The summed E-state index contributed by atoms with van der Waals surface area (Å²) in [6, 6.07) is 3.93. The average Bonchev–Trinajstić information content (AvgIpc) is 2.92. The maximum atomic E-state index is 12.5. The minimum atomic E-state index is -1.43. The Morgan fingerprint density at radius 3 is 2.22 bits per heavy atom. The standard InChI is InChI=1S/C27H38N5O8P.C5H12/c1-18-13-19-21(14-20(18)31(5)6)32(23-22(28-19)24(34)30-26(36)29-23)11-9-7-8-10-12-41(39-16-37-15-33)40-17-38-25(35)27(2,3)4;1-5(2,3)4/h13-15H,7-12,16-17H2,1-6H3,(H,30,34,36);1-4H3. The first kappa shape index (κ1) is 38.8. The molecule has 1 aromatic rings. The van der Waals surface area contributed by atoms with E-state index in [9.17, 15) is 19.2 Å². The molecule has 1 N–H and O–H groups in total. The minimum Gasteiger partial charge on any atom is -0.440 e. The van der Waals surface area contributed by atoms with Gasteiger partial charge in [-0.1, -0.05) is 40.5 Å². The molecule has 0 aromatic heterocycles. The maximum absolute atomic E-state index is 12.5. The van der Waals surface area contributed by atoms with Crippen LogP contribution in [0.1, 0.15) is 79.7 Å². The first-order valence-electron chi connectivity index (χ1n) is 15.3. The van der Waals surface area contributed by atoms with Gasteiger partial charge in [-0.2, -0.15) is 4.98 Å². The lowest BCUT2D eigenvalue weighted by atomic mass is 9.98. The molecule has 3 rings (SSSR count). The van der Waals surface area contributed by atoms with Crippen molar-refractivity contribution in [3.05, 3.63) is 38.5 Å². The third kappa shape index (κ3) is 12.8. The van der Waals surface area contributed by atoms with Crippen LogP contribution in [0.5, 0.6) is 0 Å². The summed E-state index contributed by atoms with van der Waals surface area (Å²) in [5.41, 5.74) is 2.15. The zero-order valence-electron chi connectivity index (χ0n) is 28.9. The monoisotopic (exact) mass is 663 g/mol.